The van der Waals surface area contributed by atoms with Gasteiger partial charge in [-0.2, -0.15) is 0 Å². The van der Waals surface area contributed by atoms with E-state index in [1.54, 1.807) is 24.3 Å². The topological polar surface area (TPSA) is 35.2 Å². The van der Waals surface area contributed by atoms with Crippen molar-refractivity contribution in [2.45, 2.75) is 12.4 Å². The SMILES string of the molecule is NC(c1cc(Br)ccc1Cl)c1ccccc1OC(F)(F)F. The van der Waals surface area contributed by atoms with Crippen LogP contribution in [0.4, 0.5) is 13.2 Å². The van der Waals surface area contributed by atoms with E-state index < -0.39 is 12.4 Å². The van der Waals surface area contributed by atoms with Gasteiger partial charge in [0.05, 0.1) is 6.04 Å². The van der Waals surface area contributed by atoms with Gasteiger partial charge in [-0.3, -0.25) is 0 Å². The molecule has 0 bridgehead atoms. The second kappa shape index (κ2) is 6.25. The summed E-state index contributed by atoms with van der Waals surface area (Å²) in [5, 5.41) is 0.368. The summed E-state index contributed by atoms with van der Waals surface area (Å²) in [5.41, 5.74) is 6.76. The number of ether oxygens (including phenoxy) is 1. The second-order valence-electron chi connectivity index (χ2n) is 4.23. The lowest BCUT2D eigenvalue weighted by Gasteiger charge is -2.19. The first-order valence-electron chi connectivity index (χ1n) is 5.83. The van der Waals surface area contributed by atoms with Crippen molar-refractivity contribution in [3.05, 3.63) is 63.1 Å². The molecule has 0 radical (unpaired) electrons. The molecule has 0 heterocycles. The molecule has 0 amide bonds. The number of halogens is 5. The van der Waals surface area contributed by atoms with E-state index in [2.05, 4.69) is 20.7 Å². The van der Waals surface area contributed by atoms with E-state index in [4.69, 9.17) is 17.3 Å². The van der Waals surface area contributed by atoms with E-state index >= 15 is 0 Å². The molecule has 0 aliphatic rings. The van der Waals surface area contributed by atoms with Gasteiger partial charge in [-0.15, -0.1) is 13.2 Å². The van der Waals surface area contributed by atoms with Crippen LogP contribution in [0, 0.1) is 0 Å². The lowest BCUT2D eigenvalue weighted by molar-refractivity contribution is -0.274. The summed E-state index contributed by atoms with van der Waals surface area (Å²) >= 11 is 9.34. The smallest absolute Gasteiger partial charge is 0.405 e. The fourth-order valence-corrected chi connectivity index (χ4v) is 2.49. The molecule has 1 unspecified atom stereocenters. The molecule has 2 nitrogen and oxygen atoms in total. The molecule has 0 saturated heterocycles. The minimum atomic E-state index is -4.78. The molecule has 1 atom stereocenters. The van der Waals surface area contributed by atoms with Gasteiger partial charge >= 0.3 is 6.36 Å². The van der Waals surface area contributed by atoms with E-state index in [1.165, 1.54) is 18.2 Å². The predicted octanol–water partition coefficient (Wildman–Crippen LogP) is 5.05. The van der Waals surface area contributed by atoms with Crippen LogP contribution < -0.4 is 10.5 Å². The van der Waals surface area contributed by atoms with Crippen LogP contribution in [0.15, 0.2) is 46.9 Å². The van der Waals surface area contributed by atoms with E-state index in [0.29, 0.717) is 10.6 Å². The first-order valence-corrected chi connectivity index (χ1v) is 7.00. The standard InChI is InChI=1S/C14H10BrClF3NO/c15-8-5-6-11(16)10(7-8)13(20)9-3-1-2-4-12(9)21-14(17,18)19/h1-7,13H,20H2. The van der Waals surface area contributed by atoms with Crippen molar-refractivity contribution >= 4 is 27.5 Å². The van der Waals surface area contributed by atoms with Gasteiger partial charge in [0.25, 0.3) is 0 Å². The maximum Gasteiger partial charge on any atom is 0.573 e. The zero-order chi connectivity index (χ0) is 15.6. The average Bonchev–Trinajstić information content (AvgIpc) is 2.39. The summed E-state index contributed by atoms with van der Waals surface area (Å²) in [6.07, 6.45) is -4.78. The summed E-state index contributed by atoms with van der Waals surface area (Å²) in [7, 11) is 0. The van der Waals surface area contributed by atoms with Crippen LogP contribution in [0.5, 0.6) is 5.75 Å². The number of hydrogen-bond acceptors (Lipinski definition) is 2. The van der Waals surface area contributed by atoms with Crippen LogP contribution in [0.2, 0.25) is 5.02 Å². The Kier molecular flexibility index (Phi) is 4.81. The monoisotopic (exact) mass is 379 g/mol. The maximum atomic E-state index is 12.4. The van der Waals surface area contributed by atoms with E-state index in [0.717, 1.165) is 4.47 Å². The normalized spacial score (nSPS) is 13.0. The Labute approximate surface area is 132 Å². The molecule has 0 spiro atoms. The van der Waals surface area contributed by atoms with E-state index in [1.807, 2.05) is 0 Å². The highest BCUT2D eigenvalue weighted by Crippen LogP contribution is 2.35. The van der Waals surface area contributed by atoms with Crippen molar-refractivity contribution in [2.75, 3.05) is 0 Å². The first kappa shape index (κ1) is 16.1. The number of alkyl halides is 3. The van der Waals surface area contributed by atoms with Crippen LogP contribution >= 0.6 is 27.5 Å². The number of benzene rings is 2. The van der Waals surface area contributed by atoms with Gasteiger partial charge in [0.15, 0.2) is 0 Å². The molecule has 0 aliphatic carbocycles. The van der Waals surface area contributed by atoms with Crippen LogP contribution in [-0.2, 0) is 0 Å². The van der Waals surface area contributed by atoms with Crippen LogP contribution in [-0.4, -0.2) is 6.36 Å². The van der Waals surface area contributed by atoms with Gasteiger partial charge in [-0.05, 0) is 29.8 Å². The molecule has 2 N–H and O–H groups in total. The van der Waals surface area contributed by atoms with Gasteiger partial charge in [0.2, 0.25) is 0 Å². The average molecular weight is 381 g/mol. The predicted molar refractivity (Wildman–Crippen MR) is 78.3 cm³/mol. The fourth-order valence-electron chi connectivity index (χ4n) is 1.88. The summed E-state index contributed by atoms with van der Waals surface area (Å²) in [5.74, 6) is -0.339. The van der Waals surface area contributed by atoms with Crippen molar-refractivity contribution in [3.63, 3.8) is 0 Å². The minimum absolute atomic E-state index is 0.204. The van der Waals surface area contributed by atoms with Gasteiger partial charge in [0, 0.05) is 15.1 Å². The van der Waals surface area contributed by atoms with Crippen molar-refractivity contribution in [1.29, 1.82) is 0 Å². The molecular weight excluding hydrogens is 371 g/mol. The highest BCUT2D eigenvalue weighted by molar-refractivity contribution is 9.10. The molecule has 7 heteroatoms. The molecule has 21 heavy (non-hydrogen) atoms. The zero-order valence-electron chi connectivity index (χ0n) is 10.5. The molecule has 0 fully saturated rings. The number of para-hydroxylation sites is 1. The highest BCUT2D eigenvalue weighted by Gasteiger charge is 2.32. The summed E-state index contributed by atoms with van der Waals surface area (Å²) in [6.45, 7) is 0. The lowest BCUT2D eigenvalue weighted by Crippen LogP contribution is -2.20. The second-order valence-corrected chi connectivity index (χ2v) is 5.55. The number of rotatable bonds is 3. The van der Waals surface area contributed by atoms with Crippen molar-refractivity contribution in [3.8, 4) is 5.75 Å². The first-order chi connectivity index (χ1) is 9.78. The summed E-state index contributed by atoms with van der Waals surface area (Å²) < 4.78 is 42.0. The maximum absolute atomic E-state index is 12.4. The van der Waals surface area contributed by atoms with Crippen molar-refractivity contribution in [1.82, 2.24) is 0 Å². The fraction of sp³-hybridized carbons (Fsp3) is 0.143. The Balaban J connectivity index is 2.44. The van der Waals surface area contributed by atoms with Gasteiger partial charge < -0.3 is 10.5 Å². The Hall–Kier alpha value is -1.24. The molecule has 0 aliphatic heterocycles. The third kappa shape index (κ3) is 4.12. The Morgan fingerprint density at radius 2 is 1.76 bits per heavy atom. The molecule has 2 rings (SSSR count). The molecule has 2 aromatic rings. The van der Waals surface area contributed by atoms with Crippen LogP contribution in [0.25, 0.3) is 0 Å². The quantitative estimate of drug-likeness (QED) is 0.809. The largest absolute Gasteiger partial charge is 0.573 e. The van der Waals surface area contributed by atoms with Crippen molar-refractivity contribution < 1.29 is 17.9 Å². The Morgan fingerprint density at radius 1 is 1.10 bits per heavy atom. The third-order valence-electron chi connectivity index (χ3n) is 2.77. The lowest BCUT2D eigenvalue weighted by atomic mass is 9.99. The minimum Gasteiger partial charge on any atom is -0.405 e. The molecular formula is C14H10BrClF3NO. The van der Waals surface area contributed by atoms with Gasteiger partial charge in [0.1, 0.15) is 5.75 Å². The molecule has 0 saturated carbocycles. The summed E-state index contributed by atoms with van der Waals surface area (Å²) in [6, 6.07) is 9.89. The number of hydrogen-bond donors (Lipinski definition) is 1. The van der Waals surface area contributed by atoms with E-state index in [-0.39, 0.29) is 11.3 Å². The highest BCUT2D eigenvalue weighted by atomic mass is 79.9. The molecule has 0 aromatic heterocycles. The Morgan fingerprint density at radius 3 is 2.43 bits per heavy atom. The molecule has 2 aromatic carbocycles. The van der Waals surface area contributed by atoms with Crippen LogP contribution in [0.1, 0.15) is 17.2 Å². The van der Waals surface area contributed by atoms with E-state index in [9.17, 15) is 13.2 Å². The third-order valence-corrected chi connectivity index (χ3v) is 3.61. The van der Waals surface area contributed by atoms with Gasteiger partial charge in [-0.25, -0.2) is 0 Å². The van der Waals surface area contributed by atoms with Gasteiger partial charge in [-0.1, -0.05) is 45.7 Å². The molecule has 112 valence electrons. The Bertz CT molecular complexity index is 648. The van der Waals surface area contributed by atoms with Crippen molar-refractivity contribution in [2.24, 2.45) is 5.73 Å². The zero-order valence-corrected chi connectivity index (χ0v) is 12.8. The number of nitrogens with two attached hydrogens (primary N) is 1. The van der Waals surface area contributed by atoms with Crippen LogP contribution in [0.3, 0.4) is 0 Å². The summed E-state index contributed by atoms with van der Waals surface area (Å²) in [4.78, 5) is 0.